The predicted molar refractivity (Wildman–Crippen MR) is 87.4 cm³/mol. The fourth-order valence-electron chi connectivity index (χ4n) is 2.88. The van der Waals surface area contributed by atoms with E-state index in [9.17, 15) is 0 Å². The predicted octanol–water partition coefficient (Wildman–Crippen LogP) is 4.47. The Hall–Kier alpha value is -0.860. The molecule has 20 heavy (non-hydrogen) atoms. The number of nitrogens with one attached hydrogen (secondary N) is 1. The first-order valence-corrected chi connectivity index (χ1v) is 7.92. The largest absolute Gasteiger partial charge is 0.379 e. The fraction of sp³-hybridized carbons (Fsp3) is 0.667. The lowest BCUT2D eigenvalue weighted by molar-refractivity contribution is 0.109. The van der Waals surface area contributed by atoms with Crippen molar-refractivity contribution >= 4 is 0 Å². The van der Waals surface area contributed by atoms with Gasteiger partial charge in [-0.05, 0) is 50.9 Å². The molecule has 0 heterocycles. The van der Waals surface area contributed by atoms with Crippen LogP contribution in [0.5, 0.6) is 0 Å². The molecule has 0 saturated carbocycles. The molecule has 0 aliphatic rings. The fourth-order valence-corrected chi connectivity index (χ4v) is 2.88. The van der Waals surface area contributed by atoms with Crippen LogP contribution in [-0.4, -0.2) is 20.3 Å². The lowest BCUT2D eigenvalue weighted by atomic mass is 9.94. The van der Waals surface area contributed by atoms with Gasteiger partial charge in [-0.2, -0.15) is 0 Å². The van der Waals surface area contributed by atoms with Crippen molar-refractivity contribution in [3.8, 4) is 0 Å². The molecule has 1 aromatic rings. The molecule has 0 fully saturated rings. The molecule has 114 valence electrons. The van der Waals surface area contributed by atoms with Gasteiger partial charge in [0.2, 0.25) is 0 Å². The van der Waals surface area contributed by atoms with Crippen LogP contribution >= 0.6 is 0 Å². The maximum atomic E-state index is 5.87. The summed E-state index contributed by atoms with van der Waals surface area (Å²) in [7, 11) is 2.02. The lowest BCUT2D eigenvalue weighted by Crippen LogP contribution is -2.24. The van der Waals surface area contributed by atoms with Gasteiger partial charge in [0, 0.05) is 6.61 Å². The van der Waals surface area contributed by atoms with Gasteiger partial charge in [0.05, 0.1) is 12.6 Å². The van der Waals surface area contributed by atoms with E-state index in [2.05, 4.69) is 45.1 Å². The van der Waals surface area contributed by atoms with Gasteiger partial charge < -0.3 is 10.1 Å². The van der Waals surface area contributed by atoms with Gasteiger partial charge in [0.25, 0.3) is 0 Å². The van der Waals surface area contributed by atoms with Crippen LogP contribution in [0.3, 0.4) is 0 Å². The third-order valence-corrected chi connectivity index (χ3v) is 3.86. The second kappa shape index (κ2) is 9.15. The number of hydrogen-bond donors (Lipinski definition) is 1. The van der Waals surface area contributed by atoms with Crippen LogP contribution in [0.2, 0.25) is 0 Å². The molecular formula is C18H31NO. The second-order valence-corrected chi connectivity index (χ2v) is 5.79. The Morgan fingerprint density at radius 1 is 1.05 bits per heavy atom. The molecule has 0 spiro atoms. The second-order valence-electron chi connectivity index (χ2n) is 5.79. The number of benzene rings is 1. The molecule has 0 radical (unpaired) electrons. The topological polar surface area (TPSA) is 21.3 Å². The SMILES string of the molecule is CCCCCCOCC(NC)c1c(C)cc(C)cc1C. The first kappa shape index (κ1) is 17.2. The van der Waals surface area contributed by atoms with Gasteiger partial charge in [-0.15, -0.1) is 0 Å². The van der Waals surface area contributed by atoms with Crippen LogP contribution in [-0.2, 0) is 4.74 Å². The summed E-state index contributed by atoms with van der Waals surface area (Å²) in [5.41, 5.74) is 5.44. The molecule has 1 aromatic carbocycles. The van der Waals surface area contributed by atoms with Crippen molar-refractivity contribution in [3.63, 3.8) is 0 Å². The Morgan fingerprint density at radius 3 is 2.25 bits per heavy atom. The Morgan fingerprint density at radius 2 is 1.70 bits per heavy atom. The number of hydrogen-bond acceptors (Lipinski definition) is 2. The molecule has 0 aliphatic carbocycles. The first-order chi connectivity index (χ1) is 9.60. The normalized spacial score (nSPS) is 12.7. The Balaban J connectivity index is 2.54. The van der Waals surface area contributed by atoms with Gasteiger partial charge in [0.1, 0.15) is 0 Å². The summed E-state index contributed by atoms with van der Waals surface area (Å²) >= 11 is 0. The van der Waals surface area contributed by atoms with E-state index >= 15 is 0 Å². The minimum absolute atomic E-state index is 0.293. The molecule has 1 atom stereocenters. The highest BCUT2D eigenvalue weighted by atomic mass is 16.5. The summed E-state index contributed by atoms with van der Waals surface area (Å²) in [5, 5.41) is 3.40. The summed E-state index contributed by atoms with van der Waals surface area (Å²) in [5.74, 6) is 0. The minimum atomic E-state index is 0.293. The van der Waals surface area contributed by atoms with Crippen molar-refractivity contribution in [1.29, 1.82) is 0 Å². The summed E-state index contributed by atoms with van der Waals surface area (Å²) in [6.45, 7) is 10.4. The zero-order valence-electron chi connectivity index (χ0n) is 13.9. The Labute approximate surface area is 124 Å². The van der Waals surface area contributed by atoms with E-state index in [1.165, 1.54) is 47.9 Å². The molecule has 0 bridgehead atoms. The molecule has 1 rings (SSSR count). The summed E-state index contributed by atoms with van der Waals surface area (Å²) in [4.78, 5) is 0. The molecule has 1 unspecified atom stereocenters. The molecule has 2 nitrogen and oxygen atoms in total. The molecule has 0 amide bonds. The average molecular weight is 277 g/mol. The van der Waals surface area contributed by atoms with Crippen molar-refractivity contribution in [2.24, 2.45) is 0 Å². The number of aryl methyl sites for hydroxylation is 3. The van der Waals surface area contributed by atoms with Crippen molar-refractivity contribution in [1.82, 2.24) is 5.32 Å². The van der Waals surface area contributed by atoms with Gasteiger partial charge in [-0.3, -0.25) is 0 Å². The smallest absolute Gasteiger partial charge is 0.0661 e. The molecule has 0 saturated heterocycles. The molecular weight excluding hydrogens is 246 g/mol. The van der Waals surface area contributed by atoms with Crippen LogP contribution < -0.4 is 5.32 Å². The summed E-state index contributed by atoms with van der Waals surface area (Å²) in [6, 6.07) is 4.81. The van der Waals surface area contributed by atoms with E-state index in [1.807, 2.05) is 7.05 Å². The van der Waals surface area contributed by atoms with Gasteiger partial charge >= 0.3 is 0 Å². The standard InChI is InChI=1S/C18H31NO/c1-6-7-8-9-10-20-13-17(19-5)18-15(3)11-14(2)12-16(18)4/h11-12,17,19H,6-10,13H2,1-5H3. The minimum Gasteiger partial charge on any atom is -0.379 e. The number of likely N-dealkylation sites (N-methyl/N-ethyl adjacent to an activating group) is 1. The molecule has 1 N–H and O–H groups in total. The van der Waals surface area contributed by atoms with Crippen molar-refractivity contribution in [2.75, 3.05) is 20.3 Å². The maximum Gasteiger partial charge on any atom is 0.0661 e. The zero-order valence-corrected chi connectivity index (χ0v) is 13.9. The highest BCUT2D eigenvalue weighted by molar-refractivity contribution is 5.39. The van der Waals surface area contributed by atoms with E-state index in [1.54, 1.807) is 0 Å². The van der Waals surface area contributed by atoms with Crippen molar-refractivity contribution < 1.29 is 4.74 Å². The third kappa shape index (κ3) is 5.26. The Bertz CT molecular complexity index is 377. The first-order valence-electron chi connectivity index (χ1n) is 7.92. The van der Waals surface area contributed by atoms with E-state index < -0.39 is 0 Å². The number of ether oxygens (including phenoxy) is 1. The van der Waals surface area contributed by atoms with Crippen LogP contribution in [0.4, 0.5) is 0 Å². The molecule has 2 heteroatoms. The number of rotatable bonds is 9. The van der Waals surface area contributed by atoms with Crippen LogP contribution in [0.15, 0.2) is 12.1 Å². The van der Waals surface area contributed by atoms with Crippen LogP contribution in [0, 0.1) is 20.8 Å². The van der Waals surface area contributed by atoms with Crippen molar-refractivity contribution in [3.05, 3.63) is 34.4 Å². The van der Waals surface area contributed by atoms with Gasteiger partial charge in [-0.1, -0.05) is 43.9 Å². The monoisotopic (exact) mass is 277 g/mol. The average Bonchev–Trinajstić information content (AvgIpc) is 2.39. The van der Waals surface area contributed by atoms with E-state index in [0.29, 0.717) is 6.04 Å². The van der Waals surface area contributed by atoms with Crippen LogP contribution in [0.25, 0.3) is 0 Å². The summed E-state index contributed by atoms with van der Waals surface area (Å²) < 4.78 is 5.87. The zero-order chi connectivity index (χ0) is 15.0. The number of unbranched alkanes of at least 4 members (excludes halogenated alkanes) is 3. The molecule has 0 aromatic heterocycles. The van der Waals surface area contributed by atoms with Crippen molar-refractivity contribution in [2.45, 2.75) is 59.4 Å². The third-order valence-electron chi connectivity index (χ3n) is 3.86. The highest BCUT2D eigenvalue weighted by Crippen LogP contribution is 2.23. The quantitative estimate of drug-likeness (QED) is 0.672. The van der Waals surface area contributed by atoms with E-state index in [0.717, 1.165) is 13.2 Å². The van der Waals surface area contributed by atoms with Gasteiger partial charge in [-0.25, -0.2) is 0 Å². The maximum absolute atomic E-state index is 5.87. The lowest BCUT2D eigenvalue weighted by Gasteiger charge is -2.22. The Kier molecular flexibility index (Phi) is 7.86. The summed E-state index contributed by atoms with van der Waals surface area (Å²) in [6.07, 6.45) is 5.05. The highest BCUT2D eigenvalue weighted by Gasteiger charge is 2.14. The van der Waals surface area contributed by atoms with E-state index in [-0.39, 0.29) is 0 Å². The van der Waals surface area contributed by atoms with Gasteiger partial charge in [0.15, 0.2) is 0 Å². The van der Waals surface area contributed by atoms with Crippen LogP contribution in [0.1, 0.15) is 60.9 Å². The van der Waals surface area contributed by atoms with E-state index in [4.69, 9.17) is 4.74 Å². The molecule has 0 aliphatic heterocycles.